The van der Waals surface area contributed by atoms with Crippen LogP contribution in [0.2, 0.25) is 10.0 Å². The molecule has 0 aliphatic carbocycles. The van der Waals surface area contributed by atoms with Gasteiger partial charge in [-0.15, -0.1) is 0 Å². The van der Waals surface area contributed by atoms with Crippen LogP contribution in [0.4, 0.5) is 4.79 Å². The second-order valence-corrected chi connectivity index (χ2v) is 14.0. The number of carbonyl (C=O) groups excluding carboxylic acids is 1. The fourth-order valence-electron chi connectivity index (χ4n) is 6.22. The Morgan fingerprint density at radius 3 is 2.07 bits per heavy atom. The molecule has 3 aromatic rings. The van der Waals surface area contributed by atoms with Gasteiger partial charge in [-0.25, -0.2) is 9.78 Å². The number of urea groups is 1. The summed E-state index contributed by atoms with van der Waals surface area (Å²) in [6, 6.07) is 15.2. The van der Waals surface area contributed by atoms with Gasteiger partial charge in [0, 0.05) is 61.5 Å². The summed E-state index contributed by atoms with van der Waals surface area (Å²) in [4.78, 5) is 36.2. The highest BCUT2D eigenvalue weighted by Crippen LogP contribution is 2.54. The second kappa shape index (κ2) is 13.5. The van der Waals surface area contributed by atoms with E-state index in [2.05, 4.69) is 39.5 Å². The zero-order valence-corrected chi connectivity index (χ0v) is 29.3. The van der Waals surface area contributed by atoms with Gasteiger partial charge in [0.2, 0.25) is 5.88 Å². The largest absolute Gasteiger partial charge is 0.477 e. The van der Waals surface area contributed by atoms with Crippen molar-refractivity contribution >= 4 is 35.1 Å². The van der Waals surface area contributed by atoms with Crippen molar-refractivity contribution in [3.8, 4) is 5.88 Å². The number of halogens is 2. The molecule has 2 atom stereocenters. The number of methoxy groups -OCH3 is 1. The van der Waals surface area contributed by atoms with Crippen LogP contribution in [0.1, 0.15) is 64.1 Å². The summed E-state index contributed by atoms with van der Waals surface area (Å²) >= 11 is 12.8. The zero-order chi connectivity index (χ0) is 33.3. The van der Waals surface area contributed by atoms with E-state index in [4.69, 9.17) is 47.6 Å². The van der Waals surface area contributed by atoms with E-state index < -0.39 is 11.1 Å². The third-order valence-electron chi connectivity index (χ3n) is 9.14. The summed E-state index contributed by atoms with van der Waals surface area (Å²) in [6.45, 7) is 16.7. The molecular weight excluding hydrogens is 623 g/mol. The quantitative estimate of drug-likeness (QED) is 0.264. The number of benzene rings is 2. The fourth-order valence-corrected chi connectivity index (χ4v) is 6.47. The lowest BCUT2D eigenvalue weighted by molar-refractivity contribution is 0.0771. The SMILES string of the molecule is CCOc1nc(C(C)(C)C)ncc1C1=NC(C)(c2ccc(Cl)cc2)C(C)(c2ccc(Cl)cc2)N1C(=O)N1CCN(CCOC)CC1. The maximum Gasteiger partial charge on any atom is 0.326 e. The molecule has 5 rings (SSSR count). The first-order valence-electron chi connectivity index (χ1n) is 15.8. The summed E-state index contributed by atoms with van der Waals surface area (Å²) in [7, 11) is 1.71. The number of rotatable bonds is 8. The summed E-state index contributed by atoms with van der Waals surface area (Å²) in [6.07, 6.45) is 1.75. The van der Waals surface area contributed by atoms with Crippen molar-refractivity contribution in [2.45, 2.75) is 58.0 Å². The van der Waals surface area contributed by atoms with Crippen molar-refractivity contribution in [3.05, 3.63) is 87.3 Å². The molecule has 246 valence electrons. The van der Waals surface area contributed by atoms with Crippen LogP contribution in [0.5, 0.6) is 5.88 Å². The summed E-state index contributed by atoms with van der Waals surface area (Å²) in [5.74, 6) is 1.48. The van der Waals surface area contributed by atoms with E-state index in [1.165, 1.54) is 0 Å². The Bertz CT molecular complexity index is 1570. The first-order chi connectivity index (χ1) is 21.8. The topological polar surface area (TPSA) is 83.4 Å². The van der Waals surface area contributed by atoms with Gasteiger partial charge in [0.05, 0.1) is 18.8 Å². The highest BCUT2D eigenvalue weighted by atomic mass is 35.5. The molecule has 0 N–H and O–H groups in total. The number of carbonyl (C=O) groups is 1. The molecule has 1 saturated heterocycles. The van der Waals surface area contributed by atoms with Crippen molar-refractivity contribution < 1.29 is 14.3 Å². The molecular formula is C35H44Cl2N6O3. The number of ether oxygens (including phenoxy) is 2. The Morgan fingerprint density at radius 1 is 0.935 bits per heavy atom. The zero-order valence-electron chi connectivity index (χ0n) is 27.8. The molecule has 9 nitrogen and oxygen atoms in total. The molecule has 2 amide bonds. The number of hydrogen-bond acceptors (Lipinski definition) is 7. The van der Waals surface area contributed by atoms with Crippen LogP contribution in [0.25, 0.3) is 0 Å². The summed E-state index contributed by atoms with van der Waals surface area (Å²) in [5, 5.41) is 1.22. The van der Waals surface area contributed by atoms with Crippen molar-refractivity contribution in [1.29, 1.82) is 0 Å². The molecule has 2 aliphatic heterocycles. The summed E-state index contributed by atoms with van der Waals surface area (Å²) in [5.41, 5.74) is 0.0668. The maximum atomic E-state index is 15.0. The molecule has 1 fully saturated rings. The molecule has 2 unspecified atom stereocenters. The number of piperazine rings is 1. The summed E-state index contributed by atoms with van der Waals surface area (Å²) < 4.78 is 11.4. The molecule has 0 radical (unpaired) electrons. The Morgan fingerprint density at radius 2 is 1.52 bits per heavy atom. The number of hydrogen-bond donors (Lipinski definition) is 0. The van der Waals surface area contributed by atoms with Gasteiger partial charge < -0.3 is 14.4 Å². The maximum absolute atomic E-state index is 15.0. The van der Waals surface area contributed by atoms with Gasteiger partial charge in [-0.3, -0.25) is 14.8 Å². The standard InChI is InChI=1S/C35H44Cl2N6O3/c1-8-46-30-28(23-38-31(39-30)33(2,3)4)29-40-34(5,24-9-13-26(36)14-10-24)35(6,25-11-15-27(37)16-12-25)43(29)32(44)42-19-17-41(18-20-42)21-22-45-7/h9-16,23H,8,17-22H2,1-7H3. The van der Waals surface area contributed by atoms with Gasteiger partial charge in [-0.2, -0.15) is 4.98 Å². The van der Waals surface area contributed by atoms with Crippen LogP contribution < -0.4 is 4.74 Å². The smallest absolute Gasteiger partial charge is 0.326 e. The van der Waals surface area contributed by atoms with Gasteiger partial charge in [0.25, 0.3) is 0 Å². The lowest BCUT2D eigenvalue weighted by Crippen LogP contribution is -2.60. The number of nitrogens with zero attached hydrogens (tertiary/aromatic N) is 6. The monoisotopic (exact) mass is 666 g/mol. The van der Waals surface area contributed by atoms with Gasteiger partial charge in [0.1, 0.15) is 22.7 Å². The van der Waals surface area contributed by atoms with Crippen LogP contribution in [0.3, 0.4) is 0 Å². The predicted molar refractivity (Wildman–Crippen MR) is 183 cm³/mol. The van der Waals surface area contributed by atoms with Crippen molar-refractivity contribution in [2.75, 3.05) is 53.0 Å². The lowest BCUT2D eigenvalue weighted by Gasteiger charge is -2.47. The lowest BCUT2D eigenvalue weighted by atomic mass is 9.71. The average molecular weight is 668 g/mol. The van der Waals surface area contributed by atoms with Gasteiger partial charge in [-0.1, -0.05) is 68.2 Å². The highest BCUT2D eigenvalue weighted by molar-refractivity contribution is 6.30. The Balaban J connectivity index is 1.72. The van der Waals surface area contributed by atoms with Crippen LogP contribution >= 0.6 is 23.2 Å². The van der Waals surface area contributed by atoms with E-state index in [0.29, 0.717) is 59.5 Å². The van der Waals surface area contributed by atoms with Crippen LogP contribution in [0, 0.1) is 0 Å². The fraction of sp³-hybridized carbons (Fsp3) is 0.486. The minimum Gasteiger partial charge on any atom is -0.477 e. The van der Waals surface area contributed by atoms with Gasteiger partial charge >= 0.3 is 6.03 Å². The minimum absolute atomic E-state index is 0.150. The van der Waals surface area contributed by atoms with Crippen LogP contribution in [0.15, 0.2) is 59.7 Å². The first kappa shape index (κ1) is 34.1. The Hall–Kier alpha value is -3.24. The molecule has 1 aromatic heterocycles. The van der Waals surface area contributed by atoms with E-state index in [-0.39, 0.29) is 11.4 Å². The van der Waals surface area contributed by atoms with Crippen molar-refractivity contribution in [3.63, 3.8) is 0 Å². The third kappa shape index (κ3) is 6.35. The number of amidine groups is 1. The molecule has 2 aromatic carbocycles. The van der Waals surface area contributed by atoms with Crippen LogP contribution in [-0.2, 0) is 21.2 Å². The first-order valence-corrected chi connectivity index (χ1v) is 16.5. The van der Waals surface area contributed by atoms with Crippen molar-refractivity contribution in [1.82, 2.24) is 24.7 Å². The van der Waals surface area contributed by atoms with Gasteiger partial charge in [0.15, 0.2) is 0 Å². The van der Waals surface area contributed by atoms with E-state index in [1.54, 1.807) is 13.3 Å². The Kier molecular flexibility index (Phi) is 9.99. The third-order valence-corrected chi connectivity index (χ3v) is 9.65. The van der Waals surface area contributed by atoms with E-state index in [1.807, 2.05) is 65.3 Å². The van der Waals surface area contributed by atoms with Crippen LogP contribution in [-0.4, -0.2) is 89.6 Å². The Labute approximate surface area is 282 Å². The molecule has 2 aliphatic rings. The van der Waals surface area contributed by atoms with E-state index in [9.17, 15) is 0 Å². The molecule has 0 saturated carbocycles. The number of aromatic nitrogens is 2. The molecule has 46 heavy (non-hydrogen) atoms. The number of aliphatic imine (C=N–C) groups is 1. The normalized spacial score (nSPS) is 22.2. The number of amides is 2. The molecule has 3 heterocycles. The van der Waals surface area contributed by atoms with E-state index in [0.717, 1.165) is 30.8 Å². The van der Waals surface area contributed by atoms with Crippen molar-refractivity contribution in [2.24, 2.45) is 4.99 Å². The van der Waals surface area contributed by atoms with Gasteiger partial charge in [-0.05, 0) is 56.2 Å². The molecule has 0 spiro atoms. The average Bonchev–Trinajstić information content (AvgIpc) is 3.28. The second-order valence-electron chi connectivity index (χ2n) is 13.1. The molecule has 11 heteroatoms. The minimum atomic E-state index is -1.00. The predicted octanol–water partition coefficient (Wildman–Crippen LogP) is 6.76. The molecule has 0 bridgehead atoms. The highest BCUT2D eigenvalue weighted by Gasteiger charge is 2.60. The van der Waals surface area contributed by atoms with E-state index >= 15 is 4.79 Å².